The third kappa shape index (κ3) is 2.07. The summed E-state index contributed by atoms with van der Waals surface area (Å²) in [5.41, 5.74) is 9.01. The van der Waals surface area contributed by atoms with E-state index >= 15 is 0 Å². The molecule has 3 rings (SSSR count). The van der Waals surface area contributed by atoms with Crippen molar-refractivity contribution in [2.24, 2.45) is 7.05 Å². The molecule has 0 fully saturated rings. The molecule has 0 bridgehead atoms. The molecule has 0 saturated carbocycles. The molecule has 20 heavy (non-hydrogen) atoms. The van der Waals surface area contributed by atoms with Gasteiger partial charge in [-0.25, -0.2) is 0 Å². The van der Waals surface area contributed by atoms with Crippen molar-refractivity contribution in [3.63, 3.8) is 0 Å². The van der Waals surface area contributed by atoms with Gasteiger partial charge in [0, 0.05) is 22.8 Å². The van der Waals surface area contributed by atoms with Gasteiger partial charge in [-0.05, 0) is 35.5 Å². The van der Waals surface area contributed by atoms with Crippen LogP contribution >= 0.6 is 15.9 Å². The first-order valence-corrected chi connectivity index (χ1v) is 6.70. The van der Waals surface area contributed by atoms with Crippen LogP contribution in [-0.2, 0) is 7.05 Å². The second-order valence-electron chi connectivity index (χ2n) is 4.43. The number of nitrogen functional groups attached to an aromatic ring is 1. The lowest BCUT2D eigenvalue weighted by Gasteiger charge is -2.06. The van der Waals surface area contributed by atoms with Gasteiger partial charge in [-0.1, -0.05) is 15.9 Å². The second kappa shape index (κ2) is 4.71. The van der Waals surface area contributed by atoms with Crippen molar-refractivity contribution in [3.8, 4) is 17.1 Å². The average Bonchev–Trinajstić information content (AvgIpc) is 2.98. The summed E-state index contributed by atoms with van der Waals surface area (Å²) in [7, 11) is 1.86. The Hall–Kier alpha value is -2.22. The second-order valence-corrected chi connectivity index (χ2v) is 5.28. The Kier molecular flexibility index (Phi) is 3.01. The van der Waals surface area contributed by atoms with E-state index in [9.17, 15) is 0 Å². The minimum Gasteiger partial charge on any atom is -0.399 e. The van der Waals surface area contributed by atoms with E-state index in [0.29, 0.717) is 11.5 Å². The lowest BCUT2D eigenvalue weighted by atomic mass is 10.2. The SMILES string of the molecule is Cc1nn(C)cc1-n1nnnc1-c1cc(N)ccc1Br. The van der Waals surface area contributed by atoms with Crippen LogP contribution in [0, 0.1) is 6.92 Å². The van der Waals surface area contributed by atoms with Gasteiger partial charge < -0.3 is 5.73 Å². The minimum absolute atomic E-state index is 0.611. The van der Waals surface area contributed by atoms with E-state index in [4.69, 9.17) is 5.73 Å². The van der Waals surface area contributed by atoms with Crippen molar-refractivity contribution in [3.05, 3.63) is 34.6 Å². The number of halogens is 1. The van der Waals surface area contributed by atoms with Gasteiger partial charge in [0.05, 0.1) is 11.9 Å². The van der Waals surface area contributed by atoms with Gasteiger partial charge in [0.2, 0.25) is 0 Å². The molecule has 0 unspecified atom stereocenters. The Morgan fingerprint density at radius 2 is 2.10 bits per heavy atom. The zero-order valence-corrected chi connectivity index (χ0v) is 12.5. The molecule has 2 N–H and O–H groups in total. The molecule has 0 aliphatic heterocycles. The molecule has 8 heteroatoms. The van der Waals surface area contributed by atoms with Crippen LogP contribution in [0.15, 0.2) is 28.9 Å². The van der Waals surface area contributed by atoms with Crippen molar-refractivity contribution >= 4 is 21.6 Å². The molecular formula is C12H12BrN7. The highest BCUT2D eigenvalue weighted by molar-refractivity contribution is 9.10. The van der Waals surface area contributed by atoms with E-state index in [0.717, 1.165) is 21.4 Å². The van der Waals surface area contributed by atoms with Crippen LogP contribution < -0.4 is 5.73 Å². The van der Waals surface area contributed by atoms with Crippen molar-refractivity contribution in [1.29, 1.82) is 0 Å². The zero-order valence-electron chi connectivity index (χ0n) is 10.9. The van der Waals surface area contributed by atoms with Gasteiger partial charge in [0.1, 0.15) is 5.69 Å². The van der Waals surface area contributed by atoms with Crippen LogP contribution in [0.5, 0.6) is 0 Å². The fraction of sp³-hybridized carbons (Fsp3) is 0.167. The molecule has 0 spiro atoms. The van der Waals surface area contributed by atoms with Crippen molar-refractivity contribution < 1.29 is 0 Å². The monoisotopic (exact) mass is 333 g/mol. The highest BCUT2D eigenvalue weighted by atomic mass is 79.9. The normalized spacial score (nSPS) is 10.9. The third-order valence-corrected chi connectivity index (χ3v) is 3.61. The quantitative estimate of drug-likeness (QED) is 0.721. The number of aromatic nitrogens is 6. The van der Waals surface area contributed by atoms with Crippen LogP contribution in [0.4, 0.5) is 5.69 Å². The molecule has 1 aromatic carbocycles. The lowest BCUT2D eigenvalue weighted by Crippen LogP contribution is -2.01. The number of tetrazole rings is 1. The molecule has 0 radical (unpaired) electrons. The highest BCUT2D eigenvalue weighted by Gasteiger charge is 2.17. The largest absolute Gasteiger partial charge is 0.399 e. The number of nitrogens with zero attached hydrogens (tertiary/aromatic N) is 6. The molecule has 3 aromatic rings. The summed E-state index contributed by atoms with van der Waals surface area (Å²) in [6, 6.07) is 5.52. The third-order valence-electron chi connectivity index (χ3n) is 2.92. The van der Waals surface area contributed by atoms with Gasteiger partial charge in [0.15, 0.2) is 5.82 Å². The van der Waals surface area contributed by atoms with Crippen molar-refractivity contribution in [1.82, 2.24) is 30.0 Å². The van der Waals surface area contributed by atoms with Crippen LogP contribution in [0.1, 0.15) is 5.69 Å². The van der Waals surface area contributed by atoms with Crippen molar-refractivity contribution in [2.45, 2.75) is 6.92 Å². The summed E-state index contributed by atoms with van der Waals surface area (Å²) in [6.07, 6.45) is 1.87. The molecule has 2 aromatic heterocycles. The molecule has 0 amide bonds. The first kappa shape index (κ1) is 12.8. The van der Waals surface area contributed by atoms with Gasteiger partial charge in [-0.15, -0.1) is 5.10 Å². The molecule has 2 heterocycles. The maximum atomic E-state index is 5.84. The molecule has 0 atom stereocenters. The number of hydrogen-bond donors (Lipinski definition) is 1. The summed E-state index contributed by atoms with van der Waals surface area (Å²) in [5.74, 6) is 0.611. The van der Waals surface area contributed by atoms with Crippen LogP contribution in [0.25, 0.3) is 17.1 Å². The number of benzene rings is 1. The summed E-state index contributed by atoms with van der Waals surface area (Å²) >= 11 is 3.50. The molecule has 0 aliphatic carbocycles. The van der Waals surface area contributed by atoms with Crippen LogP contribution in [0.2, 0.25) is 0 Å². The number of aryl methyl sites for hydroxylation is 2. The highest BCUT2D eigenvalue weighted by Crippen LogP contribution is 2.29. The van der Waals surface area contributed by atoms with E-state index in [1.54, 1.807) is 9.36 Å². The van der Waals surface area contributed by atoms with Crippen molar-refractivity contribution in [2.75, 3.05) is 5.73 Å². The Labute approximate surface area is 123 Å². The Morgan fingerprint density at radius 1 is 1.30 bits per heavy atom. The van der Waals surface area contributed by atoms with E-state index in [1.807, 2.05) is 38.4 Å². The summed E-state index contributed by atoms with van der Waals surface area (Å²) in [4.78, 5) is 0. The van der Waals surface area contributed by atoms with E-state index < -0.39 is 0 Å². The van der Waals surface area contributed by atoms with E-state index in [1.165, 1.54) is 0 Å². The zero-order chi connectivity index (χ0) is 14.3. The van der Waals surface area contributed by atoms with Crippen LogP contribution in [-0.4, -0.2) is 30.0 Å². The van der Waals surface area contributed by atoms with E-state index in [2.05, 4.69) is 36.6 Å². The first-order valence-electron chi connectivity index (χ1n) is 5.90. The number of hydrogen-bond acceptors (Lipinski definition) is 5. The Morgan fingerprint density at radius 3 is 2.80 bits per heavy atom. The standard InChI is InChI=1S/C12H12BrN7/c1-7-11(6-19(2)16-7)20-12(15-17-18-20)9-5-8(14)3-4-10(9)13/h3-6H,14H2,1-2H3. The predicted molar refractivity (Wildman–Crippen MR) is 78.2 cm³/mol. The average molecular weight is 334 g/mol. The predicted octanol–water partition coefficient (Wildman–Crippen LogP) is 1.72. The number of anilines is 1. The summed E-state index contributed by atoms with van der Waals surface area (Å²) in [6.45, 7) is 1.91. The molecule has 0 aliphatic rings. The smallest absolute Gasteiger partial charge is 0.188 e. The van der Waals surface area contributed by atoms with Gasteiger partial charge >= 0.3 is 0 Å². The fourth-order valence-electron chi connectivity index (χ4n) is 2.03. The first-order chi connectivity index (χ1) is 9.56. The fourth-order valence-corrected chi connectivity index (χ4v) is 2.45. The number of nitrogens with two attached hydrogens (primary N) is 1. The maximum absolute atomic E-state index is 5.84. The Bertz CT molecular complexity index is 774. The molecule has 7 nitrogen and oxygen atoms in total. The van der Waals surface area contributed by atoms with Crippen LogP contribution in [0.3, 0.4) is 0 Å². The molecule has 102 valence electrons. The van der Waals surface area contributed by atoms with E-state index in [-0.39, 0.29) is 0 Å². The maximum Gasteiger partial charge on any atom is 0.188 e. The van der Waals surface area contributed by atoms with Gasteiger partial charge in [-0.2, -0.15) is 9.78 Å². The summed E-state index contributed by atoms with van der Waals surface area (Å²) < 4.78 is 4.26. The Balaban J connectivity index is 2.20. The minimum atomic E-state index is 0.611. The topological polar surface area (TPSA) is 87.4 Å². The number of rotatable bonds is 2. The van der Waals surface area contributed by atoms with Gasteiger partial charge in [-0.3, -0.25) is 4.68 Å². The summed E-state index contributed by atoms with van der Waals surface area (Å²) in [5, 5.41) is 16.2. The lowest BCUT2D eigenvalue weighted by molar-refractivity contribution is 0.755. The van der Waals surface area contributed by atoms with Gasteiger partial charge in [0.25, 0.3) is 0 Å². The molecule has 0 saturated heterocycles. The molecular weight excluding hydrogens is 322 g/mol.